The lowest BCUT2D eigenvalue weighted by atomic mass is 10.1. The van der Waals surface area contributed by atoms with Crippen molar-refractivity contribution in [2.75, 3.05) is 6.54 Å². The molecule has 2 aromatic carbocycles. The van der Waals surface area contributed by atoms with Crippen LogP contribution in [0.3, 0.4) is 0 Å². The average molecular weight is 287 g/mol. The molecule has 20 heavy (non-hydrogen) atoms. The van der Waals surface area contributed by atoms with Crippen LogP contribution >= 0.6 is 0 Å². The first-order valence-electron chi connectivity index (χ1n) is 6.70. The van der Waals surface area contributed by atoms with Crippen LogP contribution in [0.25, 0.3) is 0 Å². The number of nitrogens with zero attached hydrogens (tertiary/aromatic N) is 1. The molecule has 2 aromatic rings. The van der Waals surface area contributed by atoms with E-state index in [0.29, 0.717) is 11.4 Å². The maximum absolute atomic E-state index is 12.4. The summed E-state index contributed by atoms with van der Waals surface area (Å²) in [5.74, 6) is 0. The summed E-state index contributed by atoms with van der Waals surface area (Å²) in [7, 11) is -3.32. The van der Waals surface area contributed by atoms with Crippen LogP contribution in [-0.2, 0) is 16.4 Å². The van der Waals surface area contributed by atoms with Crippen molar-refractivity contribution in [2.24, 2.45) is 0 Å². The molecular weight excluding hydrogens is 270 g/mol. The van der Waals surface area contributed by atoms with E-state index in [9.17, 15) is 8.42 Å². The SMILES string of the molecule is Cc1ccc(S(=O)(=O)N2C[C@H]2Cc2ccccc2)cc1. The zero-order valence-electron chi connectivity index (χ0n) is 11.4. The molecule has 3 nitrogen and oxygen atoms in total. The molecule has 1 unspecified atom stereocenters. The van der Waals surface area contributed by atoms with E-state index in [1.54, 1.807) is 16.4 Å². The van der Waals surface area contributed by atoms with Crippen LogP contribution in [0.4, 0.5) is 0 Å². The fourth-order valence-corrected chi connectivity index (χ4v) is 3.94. The summed E-state index contributed by atoms with van der Waals surface area (Å²) in [4.78, 5) is 0.388. The summed E-state index contributed by atoms with van der Waals surface area (Å²) in [5.41, 5.74) is 2.25. The van der Waals surface area contributed by atoms with E-state index < -0.39 is 10.0 Å². The summed E-state index contributed by atoms with van der Waals surface area (Å²) in [6.07, 6.45) is 0.784. The average Bonchev–Trinajstić information content (AvgIpc) is 3.20. The molecule has 104 valence electrons. The van der Waals surface area contributed by atoms with E-state index in [-0.39, 0.29) is 6.04 Å². The van der Waals surface area contributed by atoms with Gasteiger partial charge in [0, 0.05) is 12.6 Å². The molecule has 3 rings (SSSR count). The van der Waals surface area contributed by atoms with E-state index >= 15 is 0 Å². The van der Waals surface area contributed by atoms with Crippen molar-refractivity contribution in [3.63, 3.8) is 0 Å². The van der Waals surface area contributed by atoms with E-state index in [0.717, 1.165) is 12.0 Å². The molecule has 0 spiro atoms. The Bertz CT molecular complexity index is 693. The van der Waals surface area contributed by atoms with E-state index in [1.807, 2.05) is 49.4 Å². The standard InChI is InChI=1S/C16H17NO2S/c1-13-7-9-16(10-8-13)20(18,19)17-12-15(17)11-14-5-3-2-4-6-14/h2-10,15H,11-12H2,1H3/t15-,17?/m1/s1. The summed E-state index contributed by atoms with van der Waals surface area (Å²) in [5, 5.41) is 0. The molecule has 1 fully saturated rings. The molecule has 0 amide bonds. The Morgan fingerprint density at radius 3 is 2.35 bits per heavy atom. The molecule has 0 saturated carbocycles. The van der Waals surface area contributed by atoms with Gasteiger partial charge in [-0.05, 0) is 31.0 Å². The minimum atomic E-state index is -3.32. The Balaban J connectivity index is 1.73. The third kappa shape index (κ3) is 2.62. The first kappa shape index (κ1) is 13.3. The smallest absolute Gasteiger partial charge is 0.207 e. The van der Waals surface area contributed by atoms with Crippen molar-refractivity contribution in [3.05, 3.63) is 65.7 Å². The van der Waals surface area contributed by atoms with Crippen molar-refractivity contribution >= 4 is 10.0 Å². The number of rotatable bonds is 4. The molecule has 2 atom stereocenters. The molecule has 1 aliphatic rings. The molecule has 1 aliphatic heterocycles. The van der Waals surface area contributed by atoms with Gasteiger partial charge in [-0.25, -0.2) is 8.42 Å². The van der Waals surface area contributed by atoms with Gasteiger partial charge in [-0.1, -0.05) is 48.0 Å². The third-order valence-corrected chi connectivity index (χ3v) is 5.54. The lowest BCUT2D eigenvalue weighted by Gasteiger charge is -2.07. The highest BCUT2D eigenvalue weighted by Gasteiger charge is 2.44. The lowest BCUT2D eigenvalue weighted by molar-refractivity contribution is 0.551. The van der Waals surface area contributed by atoms with Gasteiger partial charge in [-0.3, -0.25) is 0 Å². The van der Waals surface area contributed by atoms with Crippen molar-refractivity contribution in [2.45, 2.75) is 24.3 Å². The van der Waals surface area contributed by atoms with Crippen LogP contribution in [0.1, 0.15) is 11.1 Å². The highest BCUT2D eigenvalue weighted by Crippen LogP contribution is 2.30. The van der Waals surface area contributed by atoms with Crippen molar-refractivity contribution < 1.29 is 8.42 Å². The monoisotopic (exact) mass is 287 g/mol. The number of aryl methyl sites for hydroxylation is 1. The van der Waals surface area contributed by atoms with E-state index in [4.69, 9.17) is 0 Å². The summed E-state index contributed by atoms with van der Waals surface area (Å²) < 4.78 is 26.4. The Kier molecular flexibility index (Phi) is 3.36. The van der Waals surface area contributed by atoms with Gasteiger partial charge < -0.3 is 0 Å². The fraction of sp³-hybridized carbons (Fsp3) is 0.250. The second kappa shape index (κ2) is 5.04. The number of hydrogen-bond donors (Lipinski definition) is 0. The molecule has 0 bridgehead atoms. The molecule has 1 heterocycles. The van der Waals surface area contributed by atoms with Crippen LogP contribution in [0.5, 0.6) is 0 Å². The maximum atomic E-state index is 12.4. The normalized spacial score (nSPS) is 21.6. The van der Waals surface area contributed by atoms with Gasteiger partial charge in [-0.2, -0.15) is 4.31 Å². The minimum absolute atomic E-state index is 0.101. The number of sulfonamides is 1. The van der Waals surface area contributed by atoms with E-state index in [1.165, 1.54) is 5.56 Å². The van der Waals surface area contributed by atoms with Gasteiger partial charge >= 0.3 is 0 Å². The van der Waals surface area contributed by atoms with Gasteiger partial charge in [0.1, 0.15) is 0 Å². The number of hydrogen-bond acceptors (Lipinski definition) is 2. The molecule has 0 aromatic heterocycles. The fourth-order valence-electron chi connectivity index (χ4n) is 2.35. The van der Waals surface area contributed by atoms with Gasteiger partial charge in [-0.15, -0.1) is 0 Å². The number of benzene rings is 2. The maximum Gasteiger partial charge on any atom is 0.243 e. The van der Waals surface area contributed by atoms with Crippen molar-refractivity contribution in [1.29, 1.82) is 0 Å². The topological polar surface area (TPSA) is 37.1 Å². The third-order valence-electron chi connectivity index (χ3n) is 3.61. The van der Waals surface area contributed by atoms with Crippen LogP contribution in [0.2, 0.25) is 0 Å². The quantitative estimate of drug-likeness (QED) is 0.811. The van der Waals surface area contributed by atoms with Crippen molar-refractivity contribution in [1.82, 2.24) is 4.31 Å². The van der Waals surface area contributed by atoms with Gasteiger partial charge in [0.25, 0.3) is 0 Å². The van der Waals surface area contributed by atoms with Crippen molar-refractivity contribution in [3.8, 4) is 0 Å². The van der Waals surface area contributed by atoms with Crippen LogP contribution in [0, 0.1) is 6.92 Å². The first-order valence-corrected chi connectivity index (χ1v) is 8.14. The molecule has 4 heteroatoms. The molecule has 1 saturated heterocycles. The van der Waals surface area contributed by atoms with E-state index in [2.05, 4.69) is 0 Å². The summed E-state index contributed by atoms with van der Waals surface area (Å²) >= 11 is 0. The van der Waals surface area contributed by atoms with Gasteiger partial charge in [0.05, 0.1) is 4.90 Å². The minimum Gasteiger partial charge on any atom is -0.207 e. The second-order valence-electron chi connectivity index (χ2n) is 5.23. The molecule has 0 radical (unpaired) electrons. The van der Waals surface area contributed by atoms with Crippen LogP contribution < -0.4 is 0 Å². The predicted molar refractivity (Wildman–Crippen MR) is 79.0 cm³/mol. The van der Waals surface area contributed by atoms with Crippen LogP contribution in [0.15, 0.2) is 59.5 Å². The zero-order valence-corrected chi connectivity index (χ0v) is 12.2. The van der Waals surface area contributed by atoms with Gasteiger partial charge in [0.2, 0.25) is 10.0 Å². The lowest BCUT2D eigenvalue weighted by Crippen LogP contribution is -2.15. The highest BCUT2D eigenvalue weighted by atomic mass is 32.2. The summed E-state index contributed by atoms with van der Waals surface area (Å²) in [6.45, 7) is 2.57. The zero-order chi connectivity index (χ0) is 14.2. The Morgan fingerprint density at radius 1 is 1.05 bits per heavy atom. The highest BCUT2D eigenvalue weighted by molar-refractivity contribution is 7.89. The van der Waals surface area contributed by atoms with Crippen LogP contribution in [-0.4, -0.2) is 25.3 Å². The molecule has 0 aliphatic carbocycles. The second-order valence-corrected chi connectivity index (χ2v) is 7.12. The Labute approximate surface area is 119 Å². The Hall–Kier alpha value is -1.65. The molecule has 0 N–H and O–H groups in total. The Morgan fingerprint density at radius 2 is 1.70 bits per heavy atom. The first-order chi connectivity index (χ1) is 9.57. The van der Waals surface area contributed by atoms with Gasteiger partial charge in [0.15, 0.2) is 0 Å². The predicted octanol–water partition coefficient (Wildman–Crippen LogP) is 2.61. The molecular formula is C16H17NO2S. The largest absolute Gasteiger partial charge is 0.243 e. The summed E-state index contributed by atoms with van der Waals surface area (Å²) in [6, 6.07) is 17.1.